The molecule has 0 saturated carbocycles. The minimum absolute atomic E-state index is 0.108. The van der Waals surface area contributed by atoms with Crippen LogP contribution in [-0.2, 0) is 4.79 Å². The van der Waals surface area contributed by atoms with Crippen molar-refractivity contribution >= 4 is 33.4 Å². The zero-order valence-electron chi connectivity index (χ0n) is 11.4. The second-order valence-electron chi connectivity index (χ2n) is 4.86. The summed E-state index contributed by atoms with van der Waals surface area (Å²) in [5.74, 6) is -0.249. The average molecular weight is 340 g/mol. The lowest BCUT2D eigenvalue weighted by Gasteiger charge is -2.34. The molecule has 0 spiro atoms. The lowest BCUT2D eigenvalue weighted by atomic mass is 10.00. The highest BCUT2D eigenvalue weighted by Crippen LogP contribution is 2.24. The van der Waals surface area contributed by atoms with E-state index in [9.17, 15) is 9.59 Å². The summed E-state index contributed by atoms with van der Waals surface area (Å²) in [7, 11) is 1.59. The first kappa shape index (κ1) is 14.8. The first-order chi connectivity index (χ1) is 9.54. The van der Waals surface area contributed by atoms with Gasteiger partial charge in [-0.1, -0.05) is 0 Å². The number of nitrogens with two attached hydrogens (primary N) is 1. The third-order valence-electron chi connectivity index (χ3n) is 3.56. The van der Waals surface area contributed by atoms with E-state index in [1.54, 1.807) is 30.1 Å². The van der Waals surface area contributed by atoms with Crippen LogP contribution >= 0.6 is 15.9 Å². The molecule has 1 aliphatic rings. The Balaban J connectivity index is 2.25. The van der Waals surface area contributed by atoms with Crippen LogP contribution < -0.4 is 11.1 Å². The normalized spacial score (nSPS) is 18.7. The van der Waals surface area contributed by atoms with Gasteiger partial charge in [-0.05, 0) is 53.4 Å². The van der Waals surface area contributed by atoms with Crippen molar-refractivity contribution in [2.75, 3.05) is 19.3 Å². The number of rotatable bonds is 2. The number of carbonyl (C=O) groups is 2. The molecule has 1 heterocycles. The van der Waals surface area contributed by atoms with Crippen LogP contribution in [0, 0.1) is 0 Å². The van der Waals surface area contributed by atoms with Gasteiger partial charge in [0.1, 0.15) is 6.04 Å². The van der Waals surface area contributed by atoms with Gasteiger partial charge in [-0.2, -0.15) is 0 Å². The summed E-state index contributed by atoms with van der Waals surface area (Å²) in [6.07, 6.45) is 2.59. The minimum atomic E-state index is -0.383. The molecule has 2 rings (SSSR count). The maximum atomic E-state index is 12.6. The van der Waals surface area contributed by atoms with Crippen LogP contribution in [0.5, 0.6) is 0 Å². The highest BCUT2D eigenvalue weighted by molar-refractivity contribution is 9.10. The van der Waals surface area contributed by atoms with Crippen molar-refractivity contribution in [3.05, 3.63) is 28.2 Å². The summed E-state index contributed by atoms with van der Waals surface area (Å²) in [5.41, 5.74) is 6.84. The van der Waals surface area contributed by atoms with Crippen LogP contribution in [0.1, 0.15) is 29.6 Å². The van der Waals surface area contributed by atoms with E-state index in [0.717, 1.165) is 17.3 Å². The van der Waals surface area contributed by atoms with Crippen LogP contribution in [0.15, 0.2) is 22.7 Å². The molecular formula is C14H18BrN3O2. The van der Waals surface area contributed by atoms with Gasteiger partial charge in [0.25, 0.3) is 5.91 Å². The topological polar surface area (TPSA) is 75.4 Å². The van der Waals surface area contributed by atoms with Gasteiger partial charge in [0, 0.05) is 29.3 Å². The third-order valence-corrected chi connectivity index (χ3v) is 4.28. The fourth-order valence-corrected chi connectivity index (χ4v) is 2.70. The molecule has 1 unspecified atom stereocenters. The zero-order chi connectivity index (χ0) is 14.7. The molecular weight excluding hydrogens is 322 g/mol. The average Bonchev–Trinajstić information content (AvgIpc) is 2.48. The molecule has 6 heteroatoms. The molecule has 1 fully saturated rings. The molecule has 1 aliphatic heterocycles. The highest BCUT2D eigenvalue weighted by Gasteiger charge is 2.32. The first-order valence-corrected chi connectivity index (χ1v) is 7.41. The van der Waals surface area contributed by atoms with Gasteiger partial charge in [-0.3, -0.25) is 9.59 Å². The number of piperidine rings is 1. The summed E-state index contributed by atoms with van der Waals surface area (Å²) in [4.78, 5) is 26.1. The standard InChI is InChI=1S/C14H18BrN3O2/c1-17-13(19)12-4-2-3-7-18(12)14(20)9-5-6-10(15)11(16)8-9/h5-6,8,12H,2-4,7,16H2,1H3,(H,17,19). The summed E-state index contributed by atoms with van der Waals surface area (Å²) >= 11 is 3.31. The van der Waals surface area contributed by atoms with E-state index in [1.807, 2.05) is 0 Å². The van der Waals surface area contributed by atoms with Crippen molar-refractivity contribution in [1.29, 1.82) is 0 Å². The van der Waals surface area contributed by atoms with Gasteiger partial charge < -0.3 is 16.0 Å². The number of halogens is 1. The van der Waals surface area contributed by atoms with E-state index in [-0.39, 0.29) is 17.9 Å². The van der Waals surface area contributed by atoms with Crippen LogP contribution in [0.3, 0.4) is 0 Å². The monoisotopic (exact) mass is 339 g/mol. The molecule has 20 heavy (non-hydrogen) atoms. The molecule has 1 aromatic carbocycles. The maximum Gasteiger partial charge on any atom is 0.254 e. The van der Waals surface area contributed by atoms with Gasteiger partial charge in [-0.25, -0.2) is 0 Å². The summed E-state index contributed by atoms with van der Waals surface area (Å²) in [5, 5.41) is 2.63. The molecule has 0 aliphatic carbocycles. The van der Waals surface area contributed by atoms with Crippen molar-refractivity contribution in [1.82, 2.24) is 10.2 Å². The molecule has 1 atom stereocenters. The zero-order valence-corrected chi connectivity index (χ0v) is 12.9. The molecule has 1 aromatic rings. The van der Waals surface area contributed by atoms with Gasteiger partial charge in [0.2, 0.25) is 5.91 Å². The third kappa shape index (κ3) is 2.95. The Kier molecular flexibility index (Phi) is 4.65. The Morgan fingerprint density at radius 2 is 2.15 bits per heavy atom. The van der Waals surface area contributed by atoms with E-state index < -0.39 is 0 Å². The molecule has 0 aromatic heterocycles. The predicted molar refractivity (Wildman–Crippen MR) is 81.3 cm³/mol. The largest absolute Gasteiger partial charge is 0.398 e. The van der Waals surface area contributed by atoms with E-state index in [2.05, 4.69) is 21.2 Å². The fourth-order valence-electron chi connectivity index (χ4n) is 2.46. The lowest BCUT2D eigenvalue weighted by molar-refractivity contribution is -0.126. The Morgan fingerprint density at radius 3 is 2.80 bits per heavy atom. The van der Waals surface area contributed by atoms with Crippen LogP contribution in [0.2, 0.25) is 0 Å². The molecule has 2 amide bonds. The van der Waals surface area contributed by atoms with Crippen LogP contribution in [-0.4, -0.2) is 36.3 Å². The number of likely N-dealkylation sites (tertiary alicyclic amines) is 1. The number of anilines is 1. The molecule has 1 saturated heterocycles. The van der Waals surface area contributed by atoms with Gasteiger partial charge in [0.15, 0.2) is 0 Å². The molecule has 108 valence electrons. The number of benzene rings is 1. The van der Waals surface area contributed by atoms with Gasteiger partial charge in [-0.15, -0.1) is 0 Å². The van der Waals surface area contributed by atoms with Crippen molar-refractivity contribution in [3.8, 4) is 0 Å². The van der Waals surface area contributed by atoms with Crippen LogP contribution in [0.25, 0.3) is 0 Å². The molecule has 3 N–H and O–H groups in total. The minimum Gasteiger partial charge on any atom is -0.398 e. The number of nitrogens with one attached hydrogen (secondary N) is 1. The van der Waals surface area contributed by atoms with Crippen molar-refractivity contribution in [2.45, 2.75) is 25.3 Å². The smallest absolute Gasteiger partial charge is 0.254 e. The number of likely N-dealkylation sites (N-methyl/N-ethyl adjacent to an activating group) is 1. The Bertz CT molecular complexity index is 533. The van der Waals surface area contributed by atoms with E-state index >= 15 is 0 Å². The highest BCUT2D eigenvalue weighted by atomic mass is 79.9. The second-order valence-corrected chi connectivity index (χ2v) is 5.72. The van der Waals surface area contributed by atoms with E-state index in [4.69, 9.17) is 5.73 Å². The lowest BCUT2D eigenvalue weighted by Crippen LogP contribution is -2.51. The van der Waals surface area contributed by atoms with Crippen molar-refractivity contribution < 1.29 is 9.59 Å². The number of hydrogen-bond donors (Lipinski definition) is 2. The summed E-state index contributed by atoms with van der Waals surface area (Å²) in [6.45, 7) is 0.604. The molecule has 5 nitrogen and oxygen atoms in total. The van der Waals surface area contributed by atoms with Gasteiger partial charge >= 0.3 is 0 Å². The van der Waals surface area contributed by atoms with E-state index in [0.29, 0.717) is 24.2 Å². The van der Waals surface area contributed by atoms with E-state index in [1.165, 1.54) is 0 Å². The molecule has 0 bridgehead atoms. The molecule has 0 radical (unpaired) electrons. The quantitative estimate of drug-likeness (QED) is 0.806. The Hall–Kier alpha value is -1.56. The number of nitrogen functional groups attached to an aromatic ring is 1. The van der Waals surface area contributed by atoms with Crippen molar-refractivity contribution in [2.24, 2.45) is 0 Å². The Morgan fingerprint density at radius 1 is 1.40 bits per heavy atom. The second kappa shape index (κ2) is 6.26. The summed E-state index contributed by atoms with van der Waals surface area (Å²) in [6, 6.07) is 4.73. The number of carbonyl (C=O) groups excluding carboxylic acids is 2. The van der Waals surface area contributed by atoms with Gasteiger partial charge in [0.05, 0.1) is 0 Å². The Labute approximate surface area is 126 Å². The van der Waals surface area contributed by atoms with Crippen molar-refractivity contribution in [3.63, 3.8) is 0 Å². The predicted octanol–water partition coefficient (Wildman–Crippen LogP) is 1.77. The van der Waals surface area contributed by atoms with Crippen LogP contribution in [0.4, 0.5) is 5.69 Å². The summed E-state index contributed by atoms with van der Waals surface area (Å²) < 4.78 is 0.760. The maximum absolute atomic E-state index is 12.6. The number of amides is 2. The fraction of sp³-hybridized carbons (Fsp3) is 0.429. The first-order valence-electron chi connectivity index (χ1n) is 6.62. The SMILES string of the molecule is CNC(=O)C1CCCCN1C(=O)c1ccc(Br)c(N)c1. The number of hydrogen-bond acceptors (Lipinski definition) is 3. The number of nitrogens with zero attached hydrogens (tertiary/aromatic N) is 1.